The summed E-state index contributed by atoms with van der Waals surface area (Å²) in [7, 11) is 0. The first-order chi connectivity index (χ1) is 15.5. The Morgan fingerprint density at radius 2 is 1.44 bits per heavy atom. The van der Waals surface area contributed by atoms with Gasteiger partial charge >= 0.3 is 0 Å². The van der Waals surface area contributed by atoms with Crippen LogP contribution >= 0.6 is 0 Å². The molecule has 3 heteroatoms. The lowest BCUT2D eigenvalue weighted by Crippen LogP contribution is -2.34. The minimum Gasteiger partial charge on any atom is -0.508 e. The summed E-state index contributed by atoms with van der Waals surface area (Å²) in [4.78, 5) is 2.21. The molecule has 3 nitrogen and oxygen atoms in total. The van der Waals surface area contributed by atoms with Crippen molar-refractivity contribution in [2.24, 2.45) is 0 Å². The minimum atomic E-state index is -1.28. The smallest absolute Gasteiger partial charge is 0.138 e. The summed E-state index contributed by atoms with van der Waals surface area (Å²) in [6, 6.07) is 30.4. The number of benzene rings is 4. The van der Waals surface area contributed by atoms with Crippen molar-refractivity contribution in [3.63, 3.8) is 0 Å². The summed E-state index contributed by atoms with van der Waals surface area (Å²) in [5.41, 5.74) is 6.74. The first-order valence-corrected chi connectivity index (χ1v) is 11.0. The van der Waals surface area contributed by atoms with Gasteiger partial charge in [0.1, 0.15) is 11.4 Å². The maximum absolute atomic E-state index is 11.9. The van der Waals surface area contributed by atoms with Crippen LogP contribution in [0, 0.1) is 13.8 Å². The van der Waals surface area contributed by atoms with Gasteiger partial charge in [-0.3, -0.25) is 0 Å². The predicted octanol–water partition coefficient (Wildman–Crippen LogP) is 5.93. The molecule has 5 rings (SSSR count). The monoisotopic (exact) mass is 421 g/mol. The van der Waals surface area contributed by atoms with E-state index in [1.807, 2.05) is 44.2 Å². The van der Waals surface area contributed by atoms with E-state index in [1.165, 1.54) is 16.7 Å². The molecular weight excluding hydrogens is 394 g/mol. The summed E-state index contributed by atoms with van der Waals surface area (Å²) in [6.07, 6.45) is 0. The largest absolute Gasteiger partial charge is 0.508 e. The Bertz CT molecular complexity index is 1280. The van der Waals surface area contributed by atoms with Crippen molar-refractivity contribution < 1.29 is 10.2 Å². The lowest BCUT2D eigenvalue weighted by molar-refractivity contribution is 0.0948. The number of aliphatic hydroxyl groups is 1. The third kappa shape index (κ3) is 3.35. The van der Waals surface area contributed by atoms with Crippen molar-refractivity contribution in [1.29, 1.82) is 0 Å². The van der Waals surface area contributed by atoms with Gasteiger partial charge in [0, 0.05) is 23.4 Å². The zero-order valence-electron chi connectivity index (χ0n) is 18.4. The maximum atomic E-state index is 11.9. The quantitative estimate of drug-likeness (QED) is 0.429. The average molecular weight is 422 g/mol. The molecule has 4 aromatic carbocycles. The fourth-order valence-electron chi connectivity index (χ4n) is 4.81. The highest BCUT2D eigenvalue weighted by Gasteiger charge is 2.44. The van der Waals surface area contributed by atoms with Crippen LogP contribution in [0.1, 0.15) is 27.8 Å². The van der Waals surface area contributed by atoms with Crippen molar-refractivity contribution in [3.05, 3.63) is 119 Å². The van der Waals surface area contributed by atoms with Crippen LogP contribution in [0.4, 0.5) is 5.69 Å². The number of anilines is 1. The van der Waals surface area contributed by atoms with E-state index < -0.39 is 5.60 Å². The fourth-order valence-corrected chi connectivity index (χ4v) is 4.81. The number of hydrogen-bond donors (Lipinski definition) is 2. The molecule has 0 saturated heterocycles. The highest BCUT2D eigenvalue weighted by atomic mass is 16.3. The number of aryl methyl sites for hydroxylation is 2. The van der Waals surface area contributed by atoms with Gasteiger partial charge in [0.25, 0.3) is 0 Å². The number of aromatic hydroxyl groups is 1. The van der Waals surface area contributed by atoms with Gasteiger partial charge in [-0.2, -0.15) is 0 Å². The number of fused-ring (bicyclic) bond motifs is 1. The Morgan fingerprint density at radius 1 is 0.781 bits per heavy atom. The van der Waals surface area contributed by atoms with Crippen molar-refractivity contribution >= 4 is 5.69 Å². The molecule has 0 radical (unpaired) electrons. The molecule has 0 saturated carbocycles. The Labute approximate surface area is 189 Å². The molecule has 1 heterocycles. The molecule has 0 amide bonds. The van der Waals surface area contributed by atoms with Gasteiger partial charge in [0.15, 0.2) is 0 Å². The second-order valence-corrected chi connectivity index (χ2v) is 8.71. The van der Waals surface area contributed by atoms with E-state index in [1.54, 1.807) is 6.07 Å². The average Bonchev–Trinajstić information content (AvgIpc) is 3.10. The molecule has 0 bridgehead atoms. The van der Waals surface area contributed by atoms with Crippen LogP contribution in [-0.4, -0.2) is 16.8 Å². The molecule has 0 fully saturated rings. The SMILES string of the molecule is Cc1cc(O)c(C2(O)CN(Cc3ccccc3-c3ccccc3)c3ccccc32)cc1C. The van der Waals surface area contributed by atoms with Crippen molar-refractivity contribution in [2.45, 2.75) is 26.0 Å². The maximum Gasteiger partial charge on any atom is 0.138 e. The Balaban J connectivity index is 1.57. The molecule has 0 aromatic heterocycles. The minimum absolute atomic E-state index is 0.136. The zero-order chi connectivity index (χ0) is 22.3. The van der Waals surface area contributed by atoms with Gasteiger partial charge in [-0.05, 0) is 59.9 Å². The van der Waals surface area contributed by atoms with Gasteiger partial charge in [0.2, 0.25) is 0 Å². The van der Waals surface area contributed by atoms with Crippen molar-refractivity contribution in [1.82, 2.24) is 0 Å². The molecular formula is C29H27NO2. The van der Waals surface area contributed by atoms with Crippen LogP contribution in [0.15, 0.2) is 91.0 Å². The zero-order valence-corrected chi connectivity index (χ0v) is 18.4. The molecule has 2 N–H and O–H groups in total. The van der Waals surface area contributed by atoms with Crippen molar-refractivity contribution in [2.75, 3.05) is 11.4 Å². The molecule has 0 aliphatic carbocycles. The van der Waals surface area contributed by atoms with Crippen LogP contribution < -0.4 is 4.90 Å². The van der Waals surface area contributed by atoms with Gasteiger partial charge in [-0.1, -0.05) is 72.8 Å². The van der Waals surface area contributed by atoms with Gasteiger partial charge < -0.3 is 15.1 Å². The molecule has 0 spiro atoms. The first-order valence-electron chi connectivity index (χ1n) is 11.0. The summed E-state index contributed by atoms with van der Waals surface area (Å²) >= 11 is 0. The molecule has 1 aliphatic rings. The molecule has 32 heavy (non-hydrogen) atoms. The Hall–Kier alpha value is -3.56. The van der Waals surface area contributed by atoms with E-state index in [9.17, 15) is 10.2 Å². The van der Waals surface area contributed by atoms with Gasteiger partial charge in [0.05, 0.1) is 6.54 Å². The molecule has 1 unspecified atom stereocenters. The second kappa shape index (κ2) is 7.85. The Morgan fingerprint density at radius 3 is 2.25 bits per heavy atom. The van der Waals surface area contributed by atoms with E-state index in [2.05, 4.69) is 59.5 Å². The van der Waals surface area contributed by atoms with E-state index in [4.69, 9.17) is 0 Å². The standard InChI is InChI=1S/C29H27NO2/c1-20-16-26(28(31)17-21(20)2)29(32)19-30(27-15-9-8-14-25(27)29)18-23-12-6-7-13-24(23)22-10-4-3-5-11-22/h3-17,31-32H,18-19H2,1-2H3. The Kier molecular flexibility index (Phi) is 4.99. The molecule has 1 aliphatic heterocycles. The van der Waals surface area contributed by atoms with E-state index >= 15 is 0 Å². The lowest BCUT2D eigenvalue weighted by atomic mass is 9.86. The highest BCUT2D eigenvalue weighted by molar-refractivity contribution is 5.70. The number of phenols is 1. The van der Waals surface area contributed by atoms with E-state index in [-0.39, 0.29) is 5.75 Å². The van der Waals surface area contributed by atoms with Crippen LogP contribution in [0.2, 0.25) is 0 Å². The number of nitrogens with zero attached hydrogens (tertiary/aromatic N) is 1. The number of hydrogen-bond acceptors (Lipinski definition) is 3. The summed E-state index contributed by atoms with van der Waals surface area (Å²) in [5, 5.41) is 22.7. The summed E-state index contributed by atoms with van der Waals surface area (Å²) in [6.45, 7) is 5.02. The number of β-amino-alcohol motifs (C(OH)–C–C–N with tert-alkyl or cyclic N) is 1. The molecule has 160 valence electrons. The summed E-state index contributed by atoms with van der Waals surface area (Å²) in [5.74, 6) is 0.136. The number of para-hydroxylation sites is 1. The lowest BCUT2D eigenvalue weighted by Gasteiger charge is -2.27. The molecule has 1 atom stereocenters. The van der Waals surface area contributed by atoms with Crippen LogP contribution in [0.25, 0.3) is 11.1 Å². The van der Waals surface area contributed by atoms with Crippen LogP contribution in [0.5, 0.6) is 5.75 Å². The topological polar surface area (TPSA) is 43.7 Å². The fraction of sp³-hybridized carbons (Fsp3) is 0.172. The van der Waals surface area contributed by atoms with Crippen LogP contribution in [0.3, 0.4) is 0 Å². The predicted molar refractivity (Wildman–Crippen MR) is 130 cm³/mol. The highest BCUT2D eigenvalue weighted by Crippen LogP contribution is 2.47. The molecule has 4 aromatic rings. The third-order valence-corrected chi connectivity index (χ3v) is 6.63. The van der Waals surface area contributed by atoms with Crippen LogP contribution in [-0.2, 0) is 12.1 Å². The summed E-state index contributed by atoms with van der Waals surface area (Å²) < 4.78 is 0. The van der Waals surface area contributed by atoms with Gasteiger partial charge in [-0.15, -0.1) is 0 Å². The first kappa shape index (κ1) is 20.3. The van der Waals surface area contributed by atoms with E-state index in [0.717, 1.165) is 22.4 Å². The number of rotatable bonds is 4. The normalized spacial score (nSPS) is 17.4. The van der Waals surface area contributed by atoms with Gasteiger partial charge in [-0.25, -0.2) is 0 Å². The number of phenolic OH excluding ortho intramolecular Hbond substituents is 1. The third-order valence-electron chi connectivity index (χ3n) is 6.63. The van der Waals surface area contributed by atoms with E-state index in [0.29, 0.717) is 18.7 Å². The van der Waals surface area contributed by atoms with Crippen molar-refractivity contribution in [3.8, 4) is 16.9 Å². The second-order valence-electron chi connectivity index (χ2n) is 8.71.